The lowest BCUT2D eigenvalue weighted by atomic mass is 10.1. The molecule has 0 saturated carbocycles. The molecule has 0 fully saturated rings. The van der Waals surface area contributed by atoms with Gasteiger partial charge in [0.2, 0.25) is 0 Å². The van der Waals surface area contributed by atoms with Gasteiger partial charge in [-0.1, -0.05) is 24.0 Å². The van der Waals surface area contributed by atoms with Crippen molar-refractivity contribution < 1.29 is 9.90 Å². The van der Waals surface area contributed by atoms with E-state index in [2.05, 4.69) is 11.8 Å². The SMILES string of the molecule is Cc1ccsc1C(=O)N(C)Cc1cccc(C#CCO)c1. The molecule has 108 valence electrons. The van der Waals surface area contributed by atoms with Gasteiger partial charge in [0.1, 0.15) is 6.61 Å². The second kappa shape index (κ2) is 7.07. The standard InChI is InChI=1S/C17H17NO2S/c1-13-8-10-21-16(13)17(20)18(2)12-15-6-3-5-14(11-15)7-4-9-19/h3,5-6,8,10-11,19H,9,12H2,1-2H3. The average Bonchev–Trinajstić information content (AvgIpc) is 2.90. The van der Waals surface area contributed by atoms with Gasteiger partial charge in [0.05, 0.1) is 4.88 Å². The van der Waals surface area contributed by atoms with E-state index in [0.29, 0.717) is 6.54 Å². The molecule has 0 aliphatic carbocycles. The van der Waals surface area contributed by atoms with Crippen LogP contribution in [-0.2, 0) is 6.54 Å². The summed E-state index contributed by atoms with van der Waals surface area (Å²) in [6.45, 7) is 2.33. The van der Waals surface area contributed by atoms with Crippen molar-refractivity contribution >= 4 is 17.2 Å². The van der Waals surface area contributed by atoms with E-state index in [1.54, 1.807) is 11.9 Å². The third kappa shape index (κ3) is 3.94. The Balaban J connectivity index is 2.11. The first-order valence-electron chi connectivity index (χ1n) is 6.60. The number of hydrogen-bond donors (Lipinski definition) is 1. The minimum Gasteiger partial charge on any atom is -0.384 e. The van der Waals surface area contributed by atoms with Crippen molar-refractivity contribution in [1.82, 2.24) is 4.90 Å². The highest BCUT2D eigenvalue weighted by Crippen LogP contribution is 2.18. The average molecular weight is 299 g/mol. The first-order chi connectivity index (χ1) is 10.1. The Morgan fingerprint density at radius 1 is 1.38 bits per heavy atom. The molecule has 4 heteroatoms. The molecule has 1 amide bonds. The Hall–Kier alpha value is -2.09. The molecule has 0 radical (unpaired) electrons. The Labute approximate surface area is 128 Å². The molecule has 0 saturated heterocycles. The zero-order valence-electron chi connectivity index (χ0n) is 12.1. The Morgan fingerprint density at radius 2 is 2.19 bits per heavy atom. The molecule has 1 N–H and O–H groups in total. The fourth-order valence-electron chi connectivity index (χ4n) is 2.00. The molecule has 2 aromatic rings. The fraction of sp³-hybridized carbons (Fsp3) is 0.235. The van der Waals surface area contributed by atoms with Gasteiger partial charge in [-0.15, -0.1) is 11.3 Å². The summed E-state index contributed by atoms with van der Waals surface area (Å²) in [6, 6.07) is 9.66. The van der Waals surface area contributed by atoms with Crippen LogP contribution in [0.15, 0.2) is 35.7 Å². The highest BCUT2D eigenvalue weighted by atomic mass is 32.1. The maximum Gasteiger partial charge on any atom is 0.264 e. The summed E-state index contributed by atoms with van der Waals surface area (Å²) in [5.74, 6) is 5.53. The van der Waals surface area contributed by atoms with E-state index in [1.807, 2.05) is 42.6 Å². The third-order valence-corrected chi connectivity index (χ3v) is 4.07. The number of hydrogen-bond acceptors (Lipinski definition) is 3. The van der Waals surface area contributed by atoms with Crippen molar-refractivity contribution in [3.63, 3.8) is 0 Å². The van der Waals surface area contributed by atoms with Crippen molar-refractivity contribution in [2.24, 2.45) is 0 Å². The molecule has 1 heterocycles. The monoisotopic (exact) mass is 299 g/mol. The van der Waals surface area contributed by atoms with Crippen LogP contribution in [0.25, 0.3) is 0 Å². The van der Waals surface area contributed by atoms with Crippen molar-refractivity contribution in [2.75, 3.05) is 13.7 Å². The van der Waals surface area contributed by atoms with Crippen molar-refractivity contribution in [3.05, 3.63) is 57.3 Å². The summed E-state index contributed by atoms with van der Waals surface area (Å²) in [7, 11) is 1.80. The molecule has 0 aliphatic rings. The van der Waals surface area contributed by atoms with Gasteiger partial charge in [-0.05, 0) is 41.6 Å². The van der Waals surface area contributed by atoms with Crippen LogP contribution in [0, 0.1) is 18.8 Å². The summed E-state index contributed by atoms with van der Waals surface area (Å²) < 4.78 is 0. The summed E-state index contributed by atoms with van der Waals surface area (Å²) in [6.07, 6.45) is 0. The fourth-order valence-corrected chi connectivity index (χ4v) is 2.92. The minimum atomic E-state index is -0.153. The van der Waals surface area contributed by atoms with Gasteiger partial charge in [-0.25, -0.2) is 0 Å². The number of aryl methyl sites for hydroxylation is 1. The van der Waals surface area contributed by atoms with Crippen LogP contribution >= 0.6 is 11.3 Å². The number of amides is 1. The molecule has 3 nitrogen and oxygen atoms in total. The Kier molecular flexibility index (Phi) is 5.15. The third-order valence-electron chi connectivity index (χ3n) is 3.06. The molecular weight excluding hydrogens is 282 g/mol. The highest BCUT2D eigenvalue weighted by molar-refractivity contribution is 7.12. The molecular formula is C17H17NO2S. The molecule has 0 aliphatic heterocycles. The molecule has 21 heavy (non-hydrogen) atoms. The number of benzene rings is 1. The summed E-state index contributed by atoms with van der Waals surface area (Å²) in [5.41, 5.74) is 2.87. The maximum absolute atomic E-state index is 12.4. The van der Waals surface area contributed by atoms with Crippen LogP contribution < -0.4 is 0 Å². The number of aliphatic hydroxyl groups excluding tert-OH is 1. The van der Waals surface area contributed by atoms with Gasteiger partial charge in [-0.3, -0.25) is 4.79 Å². The van der Waals surface area contributed by atoms with E-state index in [0.717, 1.165) is 21.6 Å². The van der Waals surface area contributed by atoms with Crippen molar-refractivity contribution in [1.29, 1.82) is 0 Å². The number of rotatable bonds is 3. The number of thiophene rings is 1. The second-order valence-electron chi connectivity index (χ2n) is 4.75. The molecule has 2 rings (SSSR count). The van der Waals surface area contributed by atoms with E-state index in [-0.39, 0.29) is 12.5 Å². The quantitative estimate of drug-likeness (QED) is 0.885. The topological polar surface area (TPSA) is 40.5 Å². The van der Waals surface area contributed by atoms with Gasteiger partial charge in [0.15, 0.2) is 0 Å². The normalized spacial score (nSPS) is 9.86. The van der Waals surface area contributed by atoms with Crippen molar-refractivity contribution in [3.8, 4) is 11.8 Å². The van der Waals surface area contributed by atoms with Gasteiger partial charge < -0.3 is 10.0 Å². The lowest BCUT2D eigenvalue weighted by Crippen LogP contribution is -2.25. The number of aliphatic hydroxyl groups is 1. The summed E-state index contributed by atoms with van der Waals surface area (Å²) in [5, 5.41) is 10.7. The van der Waals surface area contributed by atoms with Crippen LogP contribution in [0.5, 0.6) is 0 Å². The maximum atomic E-state index is 12.4. The van der Waals surface area contributed by atoms with E-state index in [4.69, 9.17) is 5.11 Å². The van der Waals surface area contributed by atoms with Gasteiger partial charge in [0, 0.05) is 19.2 Å². The van der Waals surface area contributed by atoms with Gasteiger partial charge in [-0.2, -0.15) is 0 Å². The predicted octanol–water partition coefficient (Wildman–Crippen LogP) is 2.67. The van der Waals surface area contributed by atoms with Crippen LogP contribution in [0.3, 0.4) is 0 Å². The van der Waals surface area contributed by atoms with Crippen LogP contribution in [0.4, 0.5) is 0 Å². The molecule has 0 unspecified atom stereocenters. The van der Waals surface area contributed by atoms with E-state index in [9.17, 15) is 4.79 Å². The molecule has 1 aromatic heterocycles. The smallest absolute Gasteiger partial charge is 0.264 e. The Bertz CT molecular complexity index is 694. The number of carbonyl (C=O) groups excluding carboxylic acids is 1. The van der Waals surface area contributed by atoms with Crippen LogP contribution in [0.1, 0.15) is 26.4 Å². The van der Waals surface area contributed by atoms with Crippen molar-refractivity contribution in [2.45, 2.75) is 13.5 Å². The lowest BCUT2D eigenvalue weighted by Gasteiger charge is -2.17. The molecule has 0 atom stereocenters. The lowest BCUT2D eigenvalue weighted by molar-refractivity contribution is 0.0789. The van der Waals surface area contributed by atoms with E-state index in [1.165, 1.54) is 11.3 Å². The van der Waals surface area contributed by atoms with Gasteiger partial charge in [0.25, 0.3) is 5.91 Å². The zero-order valence-corrected chi connectivity index (χ0v) is 12.9. The van der Waals surface area contributed by atoms with Crippen LogP contribution in [0.2, 0.25) is 0 Å². The minimum absolute atomic E-state index is 0.0364. The highest BCUT2D eigenvalue weighted by Gasteiger charge is 2.15. The predicted molar refractivity (Wildman–Crippen MR) is 85.3 cm³/mol. The molecule has 0 bridgehead atoms. The van der Waals surface area contributed by atoms with E-state index < -0.39 is 0 Å². The Morgan fingerprint density at radius 3 is 2.86 bits per heavy atom. The number of carbonyl (C=O) groups is 1. The van der Waals surface area contributed by atoms with E-state index >= 15 is 0 Å². The molecule has 0 spiro atoms. The number of nitrogens with zero attached hydrogens (tertiary/aromatic N) is 1. The first kappa shape index (κ1) is 15.3. The van der Waals surface area contributed by atoms with Crippen LogP contribution in [-0.4, -0.2) is 29.6 Å². The summed E-state index contributed by atoms with van der Waals surface area (Å²) >= 11 is 1.47. The first-order valence-corrected chi connectivity index (χ1v) is 7.48. The zero-order chi connectivity index (χ0) is 15.2. The largest absolute Gasteiger partial charge is 0.384 e. The second-order valence-corrected chi connectivity index (χ2v) is 5.67. The van der Waals surface area contributed by atoms with Gasteiger partial charge >= 0.3 is 0 Å². The molecule has 1 aromatic carbocycles. The summed E-state index contributed by atoms with van der Waals surface area (Å²) in [4.78, 5) is 14.9.